The van der Waals surface area contributed by atoms with Crippen molar-refractivity contribution in [2.24, 2.45) is 0 Å². The number of nitrogens with one attached hydrogen (secondary N) is 1. The summed E-state index contributed by atoms with van der Waals surface area (Å²) in [6, 6.07) is 0.245. The molecule has 0 spiro atoms. The number of aromatic nitrogens is 2. The molecule has 134 valence electrons. The summed E-state index contributed by atoms with van der Waals surface area (Å²) in [6.07, 6.45) is 2.60. The molecule has 3 heterocycles. The van der Waals surface area contributed by atoms with Crippen LogP contribution in [0.4, 0.5) is 17.6 Å². The molecule has 1 atom stereocenters. The predicted octanol–water partition coefficient (Wildman–Crippen LogP) is 4.04. The van der Waals surface area contributed by atoms with E-state index < -0.39 is 34.8 Å². The van der Waals surface area contributed by atoms with Crippen molar-refractivity contribution < 1.29 is 17.6 Å². The van der Waals surface area contributed by atoms with Crippen LogP contribution in [0.2, 0.25) is 0 Å². The van der Waals surface area contributed by atoms with Crippen molar-refractivity contribution in [3.63, 3.8) is 0 Å². The first-order chi connectivity index (χ1) is 12.0. The molecule has 1 saturated heterocycles. The van der Waals surface area contributed by atoms with Crippen LogP contribution in [0.1, 0.15) is 35.7 Å². The minimum absolute atomic E-state index is 0.210. The maximum absolute atomic E-state index is 14.1. The maximum Gasteiger partial charge on any atom is 0.177 e. The molecule has 1 N–H and O–H groups in total. The van der Waals surface area contributed by atoms with Gasteiger partial charge in [-0.1, -0.05) is 0 Å². The molecule has 1 aromatic carbocycles. The van der Waals surface area contributed by atoms with Crippen molar-refractivity contribution in [1.82, 2.24) is 14.5 Å². The Hall–Kier alpha value is -1.67. The van der Waals surface area contributed by atoms with Gasteiger partial charge in [-0.3, -0.25) is 4.90 Å². The average molecular weight is 371 g/mol. The van der Waals surface area contributed by atoms with Gasteiger partial charge in [0.1, 0.15) is 0 Å². The summed E-state index contributed by atoms with van der Waals surface area (Å²) >= 11 is 5.31. The van der Waals surface area contributed by atoms with Crippen LogP contribution in [0.5, 0.6) is 0 Å². The van der Waals surface area contributed by atoms with Crippen LogP contribution in [-0.2, 0) is 19.5 Å². The van der Waals surface area contributed by atoms with Gasteiger partial charge in [0.25, 0.3) is 0 Å². The number of rotatable bonds is 3. The van der Waals surface area contributed by atoms with E-state index in [-0.39, 0.29) is 12.6 Å². The third-order valence-electron chi connectivity index (χ3n) is 5.15. The molecular formula is C17H17F4N3S. The minimum Gasteiger partial charge on any atom is -0.333 e. The Morgan fingerprint density at radius 2 is 1.72 bits per heavy atom. The quantitative estimate of drug-likeness (QED) is 0.500. The Balaban J connectivity index is 1.67. The van der Waals surface area contributed by atoms with Crippen molar-refractivity contribution in [3.05, 3.63) is 51.1 Å². The molecule has 0 bridgehead atoms. The molecule has 2 aliphatic rings. The van der Waals surface area contributed by atoms with Gasteiger partial charge >= 0.3 is 0 Å². The van der Waals surface area contributed by atoms with E-state index in [1.54, 1.807) is 4.57 Å². The topological polar surface area (TPSA) is 24.0 Å². The van der Waals surface area contributed by atoms with Crippen molar-refractivity contribution in [1.29, 1.82) is 0 Å². The van der Waals surface area contributed by atoms with E-state index in [1.807, 2.05) is 0 Å². The minimum atomic E-state index is -1.37. The number of fused-ring (bicyclic) bond motifs is 1. The number of imidazole rings is 1. The Bertz CT molecular complexity index is 857. The van der Waals surface area contributed by atoms with Crippen molar-refractivity contribution >= 4 is 12.2 Å². The highest BCUT2D eigenvalue weighted by atomic mass is 32.1. The molecular weight excluding hydrogens is 354 g/mol. The van der Waals surface area contributed by atoms with Crippen LogP contribution >= 0.6 is 12.2 Å². The molecule has 3 nitrogen and oxygen atoms in total. The monoisotopic (exact) mass is 371 g/mol. The lowest BCUT2D eigenvalue weighted by Crippen LogP contribution is -2.19. The van der Waals surface area contributed by atoms with Gasteiger partial charge in [0.15, 0.2) is 28.0 Å². The molecule has 1 fully saturated rings. The van der Waals surface area contributed by atoms with E-state index in [9.17, 15) is 17.6 Å². The summed E-state index contributed by atoms with van der Waals surface area (Å²) in [6.45, 7) is 2.92. The molecule has 0 radical (unpaired) electrons. The molecule has 0 saturated carbocycles. The van der Waals surface area contributed by atoms with Crippen LogP contribution in [0.3, 0.4) is 0 Å². The Kier molecular flexibility index (Phi) is 4.19. The SMILES string of the molecule is Fc1cc(F)c(F)c([C@H]2Cc3c(CN4CCCC4)[nH]c(=S)n3C2)c1F. The number of hydrogen-bond acceptors (Lipinski definition) is 2. The van der Waals surface area contributed by atoms with E-state index in [0.717, 1.165) is 37.3 Å². The first-order valence-electron chi connectivity index (χ1n) is 8.31. The zero-order chi connectivity index (χ0) is 17.7. The summed E-state index contributed by atoms with van der Waals surface area (Å²) in [4.78, 5) is 5.46. The summed E-state index contributed by atoms with van der Waals surface area (Å²) in [5, 5.41) is 0. The van der Waals surface area contributed by atoms with Crippen molar-refractivity contribution in [2.75, 3.05) is 13.1 Å². The number of hydrogen-bond donors (Lipinski definition) is 1. The summed E-state index contributed by atoms with van der Waals surface area (Å²) < 4.78 is 57.6. The van der Waals surface area contributed by atoms with Gasteiger partial charge in [-0.15, -0.1) is 0 Å². The highest BCUT2D eigenvalue weighted by Gasteiger charge is 2.33. The molecule has 0 aliphatic carbocycles. The Labute approximate surface area is 147 Å². The van der Waals surface area contributed by atoms with E-state index >= 15 is 0 Å². The molecule has 2 aliphatic heterocycles. The number of aromatic amines is 1. The highest BCUT2D eigenvalue weighted by molar-refractivity contribution is 7.71. The van der Waals surface area contributed by atoms with Crippen LogP contribution in [0, 0.1) is 28.0 Å². The van der Waals surface area contributed by atoms with Crippen molar-refractivity contribution in [2.45, 2.75) is 38.3 Å². The molecule has 4 rings (SSSR count). The second-order valence-electron chi connectivity index (χ2n) is 6.73. The van der Waals surface area contributed by atoms with Gasteiger partial charge in [-0.05, 0) is 44.6 Å². The van der Waals surface area contributed by atoms with E-state index in [2.05, 4.69) is 9.88 Å². The van der Waals surface area contributed by atoms with Gasteiger partial charge in [-0.2, -0.15) is 0 Å². The van der Waals surface area contributed by atoms with Gasteiger partial charge < -0.3 is 9.55 Å². The first-order valence-corrected chi connectivity index (χ1v) is 8.72. The van der Waals surface area contributed by atoms with E-state index in [0.29, 0.717) is 17.7 Å². The number of benzene rings is 1. The van der Waals surface area contributed by atoms with Gasteiger partial charge in [0, 0.05) is 36.3 Å². The van der Waals surface area contributed by atoms with Gasteiger partial charge in [0.05, 0.1) is 5.69 Å². The second-order valence-corrected chi connectivity index (χ2v) is 7.12. The number of H-pyrrole nitrogens is 1. The fourth-order valence-corrected chi connectivity index (χ4v) is 4.25. The first kappa shape index (κ1) is 16.8. The van der Waals surface area contributed by atoms with Crippen LogP contribution in [-0.4, -0.2) is 27.5 Å². The normalized spacial score (nSPS) is 20.4. The molecule has 8 heteroatoms. The molecule has 0 unspecified atom stereocenters. The zero-order valence-corrected chi connectivity index (χ0v) is 14.2. The lowest BCUT2D eigenvalue weighted by Gasteiger charge is -2.15. The fraction of sp³-hybridized carbons (Fsp3) is 0.471. The Morgan fingerprint density at radius 1 is 1.08 bits per heavy atom. The molecule has 25 heavy (non-hydrogen) atoms. The van der Waals surface area contributed by atoms with E-state index in [1.165, 1.54) is 0 Å². The predicted molar refractivity (Wildman–Crippen MR) is 86.8 cm³/mol. The van der Waals surface area contributed by atoms with Gasteiger partial charge in [-0.25, -0.2) is 17.6 Å². The lowest BCUT2D eigenvalue weighted by atomic mass is 9.95. The van der Waals surface area contributed by atoms with Crippen molar-refractivity contribution in [3.8, 4) is 0 Å². The lowest BCUT2D eigenvalue weighted by molar-refractivity contribution is 0.326. The molecule has 2 aromatic rings. The fourth-order valence-electron chi connectivity index (χ4n) is 3.94. The van der Waals surface area contributed by atoms with E-state index in [4.69, 9.17) is 12.2 Å². The molecule has 0 amide bonds. The smallest absolute Gasteiger partial charge is 0.177 e. The summed E-state index contributed by atoms with van der Waals surface area (Å²) in [5.74, 6) is -6.04. The van der Waals surface area contributed by atoms with Crippen LogP contribution < -0.4 is 0 Å². The number of halogens is 4. The number of nitrogens with zero attached hydrogens (tertiary/aromatic N) is 2. The Morgan fingerprint density at radius 3 is 2.36 bits per heavy atom. The summed E-state index contributed by atoms with van der Waals surface area (Å²) in [7, 11) is 0. The largest absolute Gasteiger partial charge is 0.333 e. The van der Waals surface area contributed by atoms with Crippen LogP contribution in [0.25, 0.3) is 0 Å². The third-order valence-corrected chi connectivity index (χ3v) is 5.48. The van der Waals surface area contributed by atoms with Crippen LogP contribution in [0.15, 0.2) is 6.07 Å². The number of likely N-dealkylation sites (tertiary alicyclic amines) is 1. The maximum atomic E-state index is 14.1. The average Bonchev–Trinajstić information content (AvgIpc) is 3.27. The van der Waals surface area contributed by atoms with Gasteiger partial charge in [0.2, 0.25) is 0 Å². The third kappa shape index (κ3) is 2.81. The zero-order valence-electron chi connectivity index (χ0n) is 13.4. The standard InChI is InChI=1S/C17H17F4N3S/c18-10-6-11(19)16(21)14(15(10)20)9-5-13-12(8-23-3-1-2-4-23)22-17(25)24(13)7-9/h6,9H,1-5,7-8H2,(H,22,25)/t9-/m0/s1. The second kappa shape index (κ2) is 6.25. The summed E-state index contributed by atoms with van der Waals surface area (Å²) in [5.41, 5.74) is 1.26. The highest BCUT2D eigenvalue weighted by Crippen LogP contribution is 2.36. The molecule has 1 aromatic heterocycles.